The van der Waals surface area contributed by atoms with Gasteiger partial charge in [0.1, 0.15) is 30.2 Å². The molecule has 1 aromatic rings. The number of Topliss-reactive ketones (excluding diaryl/α,β-unsaturated/α-hetero) is 2. The van der Waals surface area contributed by atoms with E-state index in [1.807, 2.05) is 20.8 Å². The van der Waals surface area contributed by atoms with Crippen LogP contribution in [0.2, 0.25) is 0 Å². The number of rotatable bonds is 10. The van der Waals surface area contributed by atoms with Crippen LogP contribution in [-0.4, -0.2) is 125 Å². The number of hydrogen-bond acceptors (Lipinski definition) is 12. The van der Waals surface area contributed by atoms with Crippen LogP contribution in [0.25, 0.3) is 5.57 Å². The number of ether oxygens (including phenoxy) is 8. The molecule has 0 radical (unpaired) electrons. The van der Waals surface area contributed by atoms with E-state index in [1.54, 1.807) is 33.5 Å². The molecule has 348 valence electrons. The van der Waals surface area contributed by atoms with Crippen molar-refractivity contribution in [2.24, 2.45) is 47.3 Å². The summed E-state index contributed by atoms with van der Waals surface area (Å²) in [4.78, 5) is 46.5. The SMILES string of the molecule is CC[C@H]1CCC[C@H](O[C@H]2CC[C@H](N(C)C)C(C)O2)[C@@H](C)C(=O)C2=C[C@H]3[C@@H]4C[C@H](O[C@@H]5OC(C)[C@H](OC)C(OC)C5OC)C[C@H]4C4C=C(c5ccc(F)cc5)C(=O)C4[C@H]3[C@@H]2CC(=O)O1. The maximum atomic E-state index is 15.2. The van der Waals surface area contributed by atoms with Crippen molar-refractivity contribution < 1.29 is 56.7 Å². The second kappa shape index (κ2) is 19.5. The number of carbonyl (C=O) groups excluding carboxylic acids is 3. The number of fused-ring (bicyclic) bond motifs is 8. The molecule has 0 aromatic heterocycles. The van der Waals surface area contributed by atoms with Crippen molar-refractivity contribution in [2.45, 2.75) is 153 Å². The van der Waals surface area contributed by atoms with Gasteiger partial charge in [0.05, 0.1) is 30.8 Å². The highest BCUT2D eigenvalue weighted by molar-refractivity contribution is 6.24. The molecule has 5 fully saturated rings. The number of carbonyl (C=O) groups is 3. The average molecular weight is 880 g/mol. The Hall–Kier alpha value is -2.88. The maximum absolute atomic E-state index is 15.2. The number of esters is 1. The molecular weight excluding hydrogens is 810 g/mol. The van der Waals surface area contributed by atoms with Crippen molar-refractivity contribution in [3.05, 3.63) is 53.4 Å². The van der Waals surface area contributed by atoms with E-state index in [0.717, 1.165) is 19.3 Å². The van der Waals surface area contributed by atoms with Crippen LogP contribution in [0.3, 0.4) is 0 Å². The minimum absolute atomic E-state index is 0.00471. The van der Waals surface area contributed by atoms with Gasteiger partial charge in [-0.25, -0.2) is 4.39 Å². The van der Waals surface area contributed by atoms with Crippen LogP contribution < -0.4 is 0 Å². The molecule has 1 aromatic carbocycles. The summed E-state index contributed by atoms with van der Waals surface area (Å²) in [5.41, 5.74) is 1.83. The molecule has 19 atom stereocenters. The Morgan fingerprint density at radius 2 is 1.48 bits per heavy atom. The van der Waals surface area contributed by atoms with Gasteiger partial charge in [-0.1, -0.05) is 38.1 Å². The van der Waals surface area contributed by atoms with E-state index in [2.05, 4.69) is 38.1 Å². The summed E-state index contributed by atoms with van der Waals surface area (Å²) in [6, 6.07) is 6.38. The van der Waals surface area contributed by atoms with Gasteiger partial charge in [-0.05, 0) is 132 Å². The van der Waals surface area contributed by atoms with Crippen molar-refractivity contribution >= 4 is 23.1 Å². The van der Waals surface area contributed by atoms with Gasteiger partial charge in [-0.15, -0.1) is 0 Å². The first kappa shape index (κ1) is 46.6. The normalized spacial score (nSPS) is 43.2. The number of likely N-dealkylation sites (N-methyl/N-ethyl adjacent to an activating group) is 1. The van der Waals surface area contributed by atoms with E-state index >= 15 is 9.59 Å². The van der Waals surface area contributed by atoms with Crippen LogP contribution in [0.5, 0.6) is 0 Å². The third-order valence-corrected chi connectivity index (χ3v) is 16.1. The first-order chi connectivity index (χ1) is 30.3. The third-order valence-electron chi connectivity index (χ3n) is 16.1. The Morgan fingerprint density at radius 1 is 0.778 bits per heavy atom. The molecule has 4 aliphatic carbocycles. The van der Waals surface area contributed by atoms with Crippen LogP contribution in [-0.2, 0) is 52.3 Å². The third kappa shape index (κ3) is 9.03. The standard InChI is InChI=1S/C50H70FNO11/c1-10-30-12-11-13-40(63-42-19-18-39(52(5)6)26(3)59-42)25(2)45(54)38-23-35-33-20-31(62-50-49(58-9)48(57-8)47(56-7)27(4)60-50)21-34(33)36-22-32(28-14-16-29(51)17-15-28)46(55)44(36)43(35)37(38)24-41(53)61-30/h14-17,22-23,25-27,30-31,33-37,39-40,42-44,47-50H,10-13,18-21,24H2,1-9H3/t25-,26?,27?,30+,31+,33-,34-,35+,36?,37-,39+,40+,42+,43-,44?,47+,48?,49?,50+/m1/s1. The quantitative estimate of drug-likeness (QED) is 0.225. The lowest BCUT2D eigenvalue weighted by Crippen LogP contribution is -2.59. The maximum Gasteiger partial charge on any atom is 0.306 e. The Morgan fingerprint density at radius 3 is 2.13 bits per heavy atom. The first-order valence-electron chi connectivity index (χ1n) is 23.6. The number of nitrogens with zero attached hydrogens (tertiary/aromatic N) is 1. The van der Waals surface area contributed by atoms with Crippen molar-refractivity contribution in [2.75, 3.05) is 35.4 Å². The molecular formula is C50H70FNO11. The van der Waals surface area contributed by atoms with Gasteiger partial charge in [-0.3, -0.25) is 14.4 Å². The number of cyclic esters (lactones) is 1. The molecule has 0 amide bonds. The van der Waals surface area contributed by atoms with Crippen LogP contribution in [0.1, 0.15) is 91.0 Å². The minimum Gasteiger partial charge on any atom is -0.462 e. The molecule has 0 bridgehead atoms. The smallest absolute Gasteiger partial charge is 0.306 e. The largest absolute Gasteiger partial charge is 0.462 e. The fraction of sp³-hybridized carbons (Fsp3) is 0.740. The number of halogens is 1. The summed E-state index contributed by atoms with van der Waals surface area (Å²) in [6.07, 6.45) is 6.13. The van der Waals surface area contributed by atoms with Gasteiger partial charge in [-0.2, -0.15) is 0 Å². The van der Waals surface area contributed by atoms with Gasteiger partial charge in [0.2, 0.25) is 0 Å². The Labute approximate surface area is 372 Å². The first-order valence-corrected chi connectivity index (χ1v) is 23.6. The minimum atomic E-state index is -0.726. The van der Waals surface area contributed by atoms with E-state index in [9.17, 15) is 9.18 Å². The van der Waals surface area contributed by atoms with Gasteiger partial charge in [0, 0.05) is 50.7 Å². The van der Waals surface area contributed by atoms with Crippen LogP contribution in [0, 0.1) is 53.2 Å². The molecule has 7 aliphatic rings. The van der Waals surface area contributed by atoms with E-state index in [4.69, 9.17) is 37.9 Å². The predicted molar refractivity (Wildman–Crippen MR) is 231 cm³/mol. The second-order valence-electron chi connectivity index (χ2n) is 19.7. The summed E-state index contributed by atoms with van der Waals surface area (Å²) < 4.78 is 64.6. The topological polar surface area (TPSA) is 128 Å². The van der Waals surface area contributed by atoms with Crippen LogP contribution in [0.15, 0.2) is 42.0 Å². The zero-order chi connectivity index (χ0) is 44.9. The summed E-state index contributed by atoms with van der Waals surface area (Å²) in [7, 11) is 9.02. The van der Waals surface area contributed by atoms with E-state index in [1.165, 1.54) is 12.1 Å². The predicted octanol–water partition coefficient (Wildman–Crippen LogP) is 6.97. The molecule has 12 nitrogen and oxygen atoms in total. The number of ketones is 2. The van der Waals surface area contributed by atoms with Gasteiger partial charge >= 0.3 is 5.97 Å². The number of hydrogen-bond donors (Lipinski definition) is 0. The lowest BCUT2D eigenvalue weighted by molar-refractivity contribution is -0.314. The monoisotopic (exact) mass is 879 g/mol. The van der Waals surface area contributed by atoms with Gasteiger partial charge in [0.25, 0.3) is 0 Å². The fourth-order valence-electron chi connectivity index (χ4n) is 13.0. The second-order valence-corrected chi connectivity index (χ2v) is 19.7. The summed E-state index contributed by atoms with van der Waals surface area (Å²) >= 11 is 0. The molecule has 63 heavy (non-hydrogen) atoms. The summed E-state index contributed by atoms with van der Waals surface area (Å²) in [6.45, 7) is 8.01. The molecule has 13 heteroatoms. The Bertz CT molecular complexity index is 1870. The van der Waals surface area contributed by atoms with Crippen molar-refractivity contribution in [3.63, 3.8) is 0 Å². The van der Waals surface area contributed by atoms with E-state index in [-0.39, 0.29) is 95.9 Å². The van der Waals surface area contributed by atoms with E-state index < -0.39 is 48.6 Å². The van der Waals surface area contributed by atoms with Gasteiger partial charge in [0.15, 0.2) is 24.1 Å². The molecule has 0 N–H and O–H groups in total. The van der Waals surface area contributed by atoms with Gasteiger partial charge < -0.3 is 42.8 Å². The highest BCUT2D eigenvalue weighted by atomic mass is 19.1. The van der Waals surface area contributed by atoms with Crippen molar-refractivity contribution in [1.82, 2.24) is 4.90 Å². The fourth-order valence-corrected chi connectivity index (χ4v) is 13.0. The molecule has 3 saturated heterocycles. The van der Waals surface area contributed by atoms with Crippen LogP contribution >= 0.6 is 0 Å². The molecule has 3 aliphatic heterocycles. The average Bonchev–Trinajstić information content (AvgIpc) is 3.95. The number of methoxy groups -OCH3 is 3. The summed E-state index contributed by atoms with van der Waals surface area (Å²) in [5, 5.41) is 0. The summed E-state index contributed by atoms with van der Waals surface area (Å²) in [5.74, 6) is -2.95. The molecule has 8 rings (SSSR count). The van der Waals surface area contributed by atoms with Crippen LogP contribution in [0.4, 0.5) is 4.39 Å². The molecule has 6 unspecified atom stereocenters. The zero-order valence-electron chi connectivity index (χ0n) is 38.6. The highest BCUT2D eigenvalue weighted by Crippen LogP contribution is 2.63. The Kier molecular flexibility index (Phi) is 14.5. The number of allylic oxidation sites excluding steroid dienone is 4. The number of benzene rings is 1. The van der Waals surface area contributed by atoms with Crippen molar-refractivity contribution in [3.8, 4) is 0 Å². The lowest BCUT2D eigenvalue weighted by atomic mass is 9.57. The van der Waals surface area contributed by atoms with Crippen molar-refractivity contribution in [1.29, 1.82) is 0 Å². The Balaban J connectivity index is 1.14. The highest BCUT2D eigenvalue weighted by Gasteiger charge is 2.62. The molecule has 3 heterocycles. The molecule has 0 spiro atoms. The molecule has 2 saturated carbocycles. The lowest BCUT2D eigenvalue weighted by Gasteiger charge is -2.45. The zero-order valence-corrected chi connectivity index (χ0v) is 38.6. The van der Waals surface area contributed by atoms with E-state index in [0.29, 0.717) is 48.8 Å².